The van der Waals surface area contributed by atoms with E-state index in [1.807, 2.05) is 6.92 Å². The predicted molar refractivity (Wildman–Crippen MR) is 107 cm³/mol. The van der Waals surface area contributed by atoms with Gasteiger partial charge in [0.1, 0.15) is 0 Å². The number of primary amides is 1. The zero-order chi connectivity index (χ0) is 20.1. The van der Waals surface area contributed by atoms with Crippen LogP contribution in [0, 0.1) is 0 Å². The summed E-state index contributed by atoms with van der Waals surface area (Å²) in [5.41, 5.74) is 9.46. The molecule has 0 bridgehead atoms. The molecule has 0 heterocycles. The molecule has 0 spiro atoms. The molecule has 148 valence electrons. The number of hydrogen-bond acceptors (Lipinski definition) is 4. The Morgan fingerprint density at radius 1 is 1.07 bits per heavy atom. The summed E-state index contributed by atoms with van der Waals surface area (Å²) in [7, 11) is 1.48. The molecule has 3 N–H and O–H groups in total. The molecule has 0 saturated carbocycles. The van der Waals surface area contributed by atoms with Gasteiger partial charge in [0, 0.05) is 5.56 Å². The molecular weight excluding hydrogens is 356 g/mol. The molecule has 1 aliphatic carbocycles. The van der Waals surface area contributed by atoms with E-state index in [9.17, 15) is 9.59 Å². The molecule has 2 aromatic carbocycles. The zero-order valence-electron chi connectivity index (χ0n) is 16.3. The Morgan fingerprint density at radius 2 is 1.82 bits per heavy atom. The van der Waals surface area contributed by atoms with E-state index in [-0.39, 0.29) is 18.6 Å². The number of rotatable bonds is 7. The molecule has 2 aromatic rings. The lowest BCUT2D eigenvalue weighted by molar-refractivity contribution is -0.119. The lowest BCUT2D eigenvalue weighted by Gasteiger charge is -2.20. The van der Waals surface area contributed by atoms with Gasteiger partial charge >= 0.3 is 0 Å². The van der Waals surface area contributed by atoms with E-state index in [0.717, 1.165) is 18.4 Å². The second-order valence-electron chi connectivity index (χ2n) is 7.05. The Labute approximate surface area is 165 Å². The van der Waals surface area contributed by atoms with Crippen LogP contribution < -0.4 is 20.5 Å². The largest absolute Gasteiger partial charge is 0.493 e. The van der Waals surface area contributed by atoms with Crippen LogP contribution in [0.2, 0.25) is 0 Å². The second kappa shape index (κ2) is 8.78. The number of amides is 2. The fraction of sp³-hybridized carbons (Fsp3) is 0.364. The highest BCUT2D eigenvalue weighted by atomic mass is 16.5. The first-order valence-corrected chi connectivity index (χ1v) is 9.49. The maximum atomic E-state index is 12.7. The van der Waals surface area contributed by atoms with Crippen LogP contribution in [0.5, 0.6) is 11.5 Å². The minimum atomic E-state index is -0.581. The van der Waals surface area contributed by atoms with Gasteiger partial charge in [0.2, 0.25) is 0 Å². The molecule has 3 rings (SSSR count). The molecule has 28 heavy (non-hydrogen) atoms. The molecule has 1 aliphatic rings. The Morgan fingerprint density at radius 3 is 2.54 bits per heavy atom. The zero-order valence-corrected chi connectivity index (χ0v) is 16.3. The van der Waals surface area contributed by atoms with Crippen LogP contribution in [0.3, 0.4) is 0 Å². The lowest BCUT2D eigenvalue weighted by atomic mass is 9.89. The van der Waals surface area contributed by atoms with Crippen molar-refractivity contribution in [1.82, 2.24) is 5.32 Å². The van der Waals surface area contributed by atoms with E-state index in [0.29, 0.717) is 17.1 Å². The van der Waals surface area contributed by atoms with Crippen molar-refractivity contribution >= 4 is 11.8 Å². The van der Waals surface area contributed by atoms with Crippen molar-refractivity contribution in [2.24, 2.45) is 5.73 Å². The molecular formula is C22H26N2O4. The number of carbonyl (C=O) groups excluding carboxylic acids is 2. The summed E-state index contributed by atoms with van der Waals surface area (Å²) in [5, 5.41) is 3.03. The van der Waals surface area contributed by atoms with E-state index < -0.39 is 5.91 Å². The Bertz CT molecular complexity index is 879. The number of aryl methyl sites for hydroxylation is 2. The van der Waals surface area contributed by atoms with E-state index in [1.54, 1.807) is 18.2 Å². The van der Waals surface area contributed by atoms with Gasteiger partial charge in [-0.1, -0.05) is 18.2 Å². The van der Waals surface area contributed by atoms with Crippen LogP contribution in [-0.2, 0) is 17.6 Å². The normalized spacial score (nSPS) is 13.9. The van der Waals surface area contributed by atoms with E-state index in [2.05, 4.69) is 23.5 Å². The molecule has 6 nitrogen and oxygen atoms in total. The monoisotopic (exact) mass is 382 g/mol. The minimum absolute atomic E-state index is 0.114. The Hall–Kier alpha value is -3.02. The fourth-order valence-corrected chi connectivity index (χ4v) is 3.46. The van der Waals surface area contributed by atoms with Gasteiger partial charge in [0.25, 0.3) is 11.8 Å². The molecule has 2 amide bonds. The molecule has 0 fully saturated rings. The molecule has 1 unspecified atom stereocenters. The summed E-state index contributed by atoms with van der Waals surface area (Å²) in [6.45, 7) is 1.72. The third kappa shape index (κ3) is 4.63. The summed E-state index contributed by atoms with van der Waals surface area (Å²) < 4.78 is 10.6. The van der Waals surface area contributed by atoms with Crippen LogP contribution in [-0.4, -0.2) is 25.5 Å². The van der Waals surface area contributed by atoms with Gasteiger partial charge in [0.15, 0.2) is 18.1 Å². The fourth-order valence-electron chi connectivity index (χ4n) is 3.46. The van der Waals surface area contributed by atoms with Gasteiger partial charge in [-0.3, -0.25) is 9.59 Å². The number of benzene rings is 2. The second-order valence-corrected chi connectivity index (χ2v) is 7.05. The number of fused-ring (bicyclic) bond motifs is 1. The predicted octanol–water partition coefficient (Wildman–Crippen LogP) is 2.93. The third-order valence-electron chi connectivity index (χ3n) is 5.02. The van der Waals surface area contributed by atoms with Crippen molar-refractivity contribution in [2.45, 2.75) is 38.6 Å². The maximum absolute atomic E-state index is 12.7. The Balaban J connectivity index is 1.70. The molecule has 0 aromatic heterocycles. The summed E-state index contributed by atoms with van der Waals surface area (Å²) in [6, 6.07) is 11.2. The molecule has 0 aliphatic heterocycles. The van der Waals surface area contributed by atoms with E-state index >= 15 is 0 Å². The minimum Gasteiger partial charge on any atom is -0.493 e. The number of nitrogens with two attached hydrogens (primary N) is 1. The standard InChI is InChI=1S/C22H26N2O4/c1-14(16-8-7-15-5-3-4-6-17(15)11-16)24-22(26)18-9-10-19(20(12-18)27-2)28-13-21(23)25/h7-12,14H,3-6,13H2,1-2H3,(H2,23,25)(H,24,26). The van der Waals surface area contributed by atoms with Crippen LogP contribution in [0.25, 0.3) is 0 Å². The average Bonchev–Trinajstić information content (AvgIpc) is 2.71. The van der Waals surface area contributed by atoms with Gasteiger partial charge in [-0.2, -0.15) is 0 Å². The van der Waals surface area contributed by atoms with Crippen molar-refractivity contribution in [3.05, 3.63) is 58.7 Å². The summed E-state index contributed by atoms with van der Waals surface area (Å²) in [4.78, 5) is 23.6. The highest BCUT2D eigenvalue weighted by Crippen LogP contribution is 2.29. The third-order valence-corrected chi connectivity index (χ3v) is 5.02. The highest BCUT2D eigenvalue weighted by Gasteiger charge is 2.16. The summed E-state index contributed by atoms with van der Waals surface area (Å²) >= 11 is 0. The maximum Gasteiger partial charge on any atom is 0.255 e. The number of hydrogen-bond donors (Lipinski definition) is 2. The molecule has 6 heteroatoms. The molecule has 0 saturated heterocycles. The quantitative estimate of drug-likeness (QED) is 0.770. The first-order chi connectivity index (χ1) is 13.5. The SMILES string of the molecule is COc1cc(C(=O)NC(C)c2ccc3c(c2)CCCC3)ccc1OCC(N)=O. The highest BCUT2D eigenvalue weighted by molar-refractivity contribution is 5.95. The van der Waals surface area contributed by atoms with E-state index in [4.69, 9.17) is 15.2 Å². The van der Waals surface area contributed by atoms with Crippen LogP contribution in [0.4, 0.5) is 0 Å². The van der Waals surface area contributed by atoms with Gasteiger partial charge in [-0.15, -0.1) is 0 Å². The first-order valence-electron chi connectivity index (χ1n) is 9.49. The topological polar surface area (TPSA) is 90.7 Å². The van der Waals surface area contributed by atoms with Crippen molar-refractivity contribution in [3.8, 4) is 11.5 Å². The van der Waals surface area contributed by atoms with Crippen molar-refractivity contribution < 1.29 is 19.1 Å². The van der Waals surface area contributed by atoms with Crippen LogP contribution in [0.15, 0.2) is 36.4 Å². The van der Waals surface area contributed by atoms with Gasteiger partial charge in [-0.25, -0.2) is 0 Å². The smallest absolute Gasteiger partial charge is 0.255 e. The number of carbonyl (C=O) groups is 2. The van der Waals surface area contributed by atoms with Crippen molar-refractivity contribution in [3.63, 3.8) is 0 Å². The van der Waals surface area contributed by atoms with E-state index in [1.165, 1.54) is 31.1 Å². The molecule has 1 atom stereocenters. The summed E-state index contributed by atoms with van der Waals surface area (Å²) in [6.07, 6.45) is 4.72. The van der Waals surface area contributed by atoms with Gasteiger partial charge in [-0.05, 0) is 67.5 Å². The average molecular weight is 382 g/mol. The number of methoxy groups -OCH3 is 1. The molecule has 0 radical (unpaired) electrons. The first kappa shape index (κ1) is 19.7. The Kier molecular flexibility index (Phi) is 6.19. The van der Waals surface area contributed by atoms with Crippen molar-refractivity contribution in [1.29, 1.82) is 0 Å². The number of nitrogens with one attached hydrogen (secondary N) is 1. The number of ether oxygens (including phenoxy) is 2. The lowest BCUT2D eigenvalue weighted by Crippen LogP contribution is -2.27. The van der Waals surface area contributed by atoms with Gasteiger partial charge in [0.05, 0.1) is 13.2 Å². The summed E-state index contributed by atoms with van der Waals surface area (Å²) in [5.74, 6) is -0.0522. The van der Waals surface area contributed by atoms with Crippen LogP contribution >= 0.6 is 0 Å². The van der Waals surface area contributed by atoms with Gasteiger partial charge < -0.3 is 20.5 Å². The van der Waals surface area contributed by atoms with Crippen LogP contribution in [0.1, 0.15) is 52.9 Å². The van der Waals surface area contributed by atoms with Crippen molar-refractivity contribution in [2.75, 3.05) is 13.7 Å².